The number of alkyl halides is 2. The van der Waals surface area contributed by atoms with Crippen LogP contribution in [0.4, 0.5) is 14.6 Å². The van der Waals surface area contributed by atoms with E-state index < -0.39 is 44.4 Å². The van der Waals surface area contributed by atoms with Crippen LogP contribution in [0.3, 0.4) is 0 Å². The Morgan fingerprint density at radius 2 is 2.23 bits per heavy atom. The van der Waals surface area contributed by atoms with Crippen LogP contribution in [0.15, 0.2) is 17.1 Å². The minimum atomic E-state index is -4.43. The zero-order chi connectivity index (χ0) is 16.7. The first-order valence-corrected chi connectivity index (χ1v) is 7.49. The lowest BCUT2D eigenvalue weighted by Crippen LogP contribution is -2.42. The third-order valence-electron chi connectivity index (χ3n) is 2.91. The molecular formula is C9H13F2N4O6P. The van der Waals surface area contributed by atoms with E-state index in [1.165, 1.54) is 0 Å². The number of halogens is 2. The van der Waals surface area contributed by atoms with E-state index in [1.807, 2.05) is 0 Å². The number of nitrogens with zero attached hydrogens (tertiary/aromatic N) is 2. The first-order valence-electron chi connectivity index (χ1n) is 5.84. The summed E-state index contributed by atoms with van der Waals surface area (Å²) in [6.07, 6.45) is -5.30. The Labute approximate surface area is 121 Å². The van der Waals surface area contributed by atoms with E-state index in [9.17, 15) is 23.2 Å². The largest absolute Gasteiger partial charge is 0.400 e. The van der Waals surface area contributed by atoms with E-state index in [2.05, 4.69) is 9.51 Å². The van der Waals surface area contributed by atoms with Crippen molar-refractivity contribution in [2.75, 3.05) is 12.3 Å². The molecule has 1 aliphatic heterocycles. The molecule has 13 heteroatoms. The minimum Gasteiger partial charge on any atom is -0.384 e. The fourth-order valence-electron chi connectivity index (χ4n) is 1.89. The second-order valence-corrected chi connectivity index (χ2v) is 5.93. The molecular weight excluding hydrogens is 329 g/mol. The van der Waals surface area contributed by atoms with Gasteiger partial charge in [0.2, 0.25) is 6.23 Å². The topological polar surface area (TPSA) is 163 Å². The molecule has 2 rings (SSSR count). The Balaban J connectivity index is 2.26. The number of aromatic nitrogens is 2. The lowest BCUT2D eigenvalue weighted by molar-refractivity contribution is -0.140. The van der Waals surface area contributed by atoms with Crippen LogP contribution < -0.4 is 16.9 Å². The zero-order valence-electron chi connectivity index (χ0n) is 10.9. The molecule has 124 valence electrons. The molecule has 0 aromatic carbocycles. The van der Waals surface area contributed by atoms with Gasteiger partial charge in [0.05, 0.1) is 6.61 Å². The number of nitrogen functional groups attached to an aromatic ring is 1. The molecule has 10 nitrogen and oxygen atoms in total. The highest BCUT2D eigenvalue weighted by atomic mass is 31.2. The highest BCUT2D eigenvalue weighted by Crippen LogP contribution is 2.43. The fourth-order valence-corrected chi connectivity index (χ4v) is 2.25. The van der Waals surface area contributed by atoms with Crippen molar-refractivity contribution >= 4 is 13.6 Å². The molecule has 1 aromatic rings. The molecule has 0 radical (unpaired) electrons. The molecule has 0 aliphatic carbocycles. The summed E-state index contributed by atoms with van der Waals surface area (Å²) in [6.45, 7) is -0.866. The highest BCUT2D eigenvalue weighted by Gasteiger charge is 2.59. The van der Waals surface area contributed by atoms with Crippen molar-refractivity contribution in [3.8, 4) is 0 Å². The van der Waals surface area contributed by atoms with E-state index in [0.717, 1.165) is 12.3 Å². The predicted octanol–water partition coefficient (Wildman–Crippen LogP) is -1.21. The Morgan fingerprint density at radius 3 is 2.77 bits per heavy atom. The summed E-state index contributed by atoms with van der Waals surface area (Å²) < 4.78 is 48.4. The monoisotopic (exact) mass is 342 g/mol. The van der Waals surface area contributed by atoms with Gasteiger partial charge in [-0.2, -0.15) is 13.8 Å². The van der Waals surface area contributed by atoms with Crippen molar-refractivity contribution < 1.29 is 32.6 Å². The van der Waals surface area contributed by atoms with Crippen LogP contribution in [0, 0.1) is 0 Å². The second kappa shape index (κ2) is 5.65. The summed E-state index contributed by atoms with van der Waals surface area (Å²) >= 11 is 0. The molecule has 1 saturated heterocycles. The van der Waals surface area contributed by atoms with Crippen LogP contribution in [0.1, 0.15) is 6.23 Å². The van der Waals surface area contributed by atoms with Gasteiger partial charge in [-0.3, -0.25) is 9.09 Å². The average Bonchev–Trinajstić information content (AvgIpc) is 2.59. The predicted molar refractivity (Wildman–Crippen MR) is 67.7 cm³/mol. The molecule has 4 atom stereocenters. The number of aliphatic hydroxyl groups excluding tert-OH is 1. The molecule has 2 heterocycles. The van der Waals surface area contributed by atoms with Gasteiger partial charge in [0.1, 0.15) is 11.9 Å². The maximum absolute atomic E-state index is 14.0. The van der Waals surface area contributed by atoms with E-state index in [1.54, 1.807) is 0 Å². The van der Waals surface area contributed by atoms with Crippen LogP contribution in [0.5, 0.6) is 0 Å². The van der Waals surface area contributed by atoms with Crippen molar-refractivity contribution in [1.29, 1.82) is 0 Å². The molecule has 1 aliphatic rings. The van der Waals surface area contributed by atoms with E-state index in [4.69, 9.17) is 20.9 Å². The molecule has 0 saturated carbocycles. The molecule has 6 N–H and O–H groups in total. The van der Waals surface area contributed by atoms with Gasteiger partial charge in [0.25, 0.3) is 0 Å². The van der Waals surface area contributed by atoms with E-state index in [0.29, 0.717) is 4.57 Å². The smallest absolute Gasteiger partial charge is 0.384 e. The van der Waals surface area contributed by atoms with E-state index >= 15 is 0 Å². The van der Waals surface area contributed by atoms with Gasteiger partial charge < -0.3 is 20.5 Å². The Hall–Kier alpha value is -1.43. The standard InChI is InChI=1S/C9H13F2N4O6P/c10-9(11)6(16)4(3-20-22(13,18)19)21-7(9)15-2-1-5(12)14-8(15)17/h1-2,4,6-7,16H,3H2,(H2,12,14,17)(H3,13,18,19)/t4-,6-,7-/m1/s1. The van der Waals surface area contributed by atoms with Gasteiger partial charge in [-0.1, -0.05) is 0 Å². The maximum Gasteiger partial charge on any atom is 0.400 e. The Morgan fingerprint density at radius 1 is 1.59 bits per heavy atom. The van der Waals surface area contributed by atoms with Crippen molar-refractivity contribution in [2.45, 2.75) is 24.4 Å². The highest BCUT2D eigenvalue weighted by molar-refractivity contribution is 7.50. The van der Waals surface area contributed by atoms with E-state index in [-0.39, 0.29) is 5.82 Å². The van der Waals surface area contributed by atoms with Crippen LogP contribution in [0.2, 0.25) is 0 Å². The van der Waals surface area contributed by atoms with Crippen LogP contribution in [0.25, 0.3) is 0 Å². The quantitative estimate of drug-likeness (QED) is 0.492. The zero-order valence-corrected chi connectivity index (χ0v) is 11.8. The maximum atomic E-state index is 14.0. The Kier molecular flexibility index (Phi) is 4.35. The van der Waals surface area contributed by atoms with Crippen molar-refractivity contribution in [1.82, 2.24) is 9.55 Å². The second-order valence-electron chi connectivity index (χ2n) is 4.55. The van der Waals surface area contributed by atoms with Crippen LogP contribution in [-0.4, -0.2) is 44.3 Å². The van der Waals surface area contributed by atoms with Gasteiger partial charge in [0, 0.05) is 6.20 Å². The summed E-state index contributed by atoms with van der Waals surface area (Å²) in [6, 6.07) is 1.10. The number of anilines is 1. The summed E-state index contributed by atoms with van der Waals surface area (Å²) in [5.74, 6) is -4.05. The lowest BCUT2D eigenvalue weighted by Gasteiger charge is -2.20. The SMILES string of the molecule is Nc1ccn([C@@H]2O[C@H](COP(N)(=O)O)[C@@H](O)C2(F)F)c(=O)n1. The number of hydrogen-bond donors (Lipinski definition) is 4. The number of hydrogen-bond acceptors (Lipinski definition) is 7. The van der Waals surface area contributed by atoms with Crippen LogP contribution >= 0.6 is 7.75 Å². The van der Waals surface area contributed by atoms with Gasteiger partial charge in [-0.15, -0.1) is 0 Å². The summed E-state index contributed by atoms with van der Waals surface area (Å²) in [7, 11) is -4.43. The first kappa shape index (κ1) is 16.9. The molecule has 1 unspecified atom stereocenters. The number of ether oxygens (including phenoxy) is 1. The number of nitrogens with two attached hydrogens (primary N) is 2. The number of aliphatic hydroxyl groups is 1. The van der Waals surface area contributed by atoms with Gasteiger partial charge in [0.15, 0.2) is 6.10 Å². The third kappa shape index (κ3) is 3.32. The molecule has 0 bridgehead atoms. The normalized spacial score (nSPS) is 30.1. The van der Waals surface area contributed by atoms with Gasteiger partial charge in [-0.25, -0.2) is 14.9 Å². The van der Waals surface area contributed by atoms with Crippen LogP contribution in [-0.2, 0) is 13.8 Å². The van der Waals surface area contributed by atoms with Crippen molar-refractivity contribution in [3.05, 3.63) is 22.7 Å². The summed E-state index contributed by atoms with van der Waals surface area (Å²) in [5.41, 5.74) is 8.84. The first-order chi connectivity index (χ1) is 10.0. The molecule has 22 heavy (non-hydrogen) atoms. The van der Waals surface area contributed by atoms with Crippen molar-refractivity contribution in [2.24, 2.45) is 5.50 Å². The molecule has 0 spiro atoms. The Bertz CT molecular complexity index is 664. The summed E-state index contributed by atoms with van der Waals surface area (Å²) in [4.78, 5) is 23.6. The minimum absolute atomic E-state index is 0.174. The van der Waals surface area contributed by atoms with Crippen molar-refractivity contribution in [3.63, 3.8) is 0 Å². The summed E-state index contributed by atoms with van der Waals surface area (Å²) in [5, 5.41) is 9.56. The fraction of sp³-hybridized carbons (Fsp3) is 0.556. The lowest BCUT2D eigenvalue weighted by atomic mass is 10.1. The third-order valence-corrected chi connectivity index (χ3v) is 3.43. The van der Waals surface area contributed by atoms with Gasteiger partial charge in [-0.05, 0) is 6.07 Å². The molecule has 0 amide bonds. The van der Waals surface area contributed by atoms with Gasteiger partial charge >= 0.3 is 19.4 Å². The number of rotatable bonds is 4. The average molecular weight is 342 g/mol. The molecule has 1 aromatic heterocycles. The molecule has 1 fully saturated rings.